The molecule has 0 fully saturated rings. The molecule has 0 saturated carbocycles. The van der Waals surface area contributed by atoms with Crippen molar-refractivity contribution in [3.63, 3.8) is 0 Å². The lowest BCUT2D eigenvalue weighted by atomic mass is 9.87. The predicted molar refractivity (Wildman–Crippen MR) is 93.6 cm³/mol. The van der Waals surface area contributed by atoms with Crippen LogP contribution in [0.5, 0.6) is 0 Å². The van der Waals surface area contributed by atoms with Crippen molar-refractivity contribution in [2.24, 2.45) is 0 Å². The van der Waals surface area contributed by atoms with Crippen molar-refractivity contribution in [3.05, 3.63) is 29.8 Å². The van der Waals surface area contributed by atoms with E-state index in [2.05, 4.69) is 55.2 Å². The van der Waals surface area contributed by atoms with Crippen LogP contribution >= 0.6 is 11.8 Å². The van der Waals surface area contributed by atoms with E-state index < -0.39 is 6.10 Å². The minimum Gasteiger partial charge on any atom is -0.394 e. The molecule has 2 rings (SSSR count). The molecule has 1 heterocycles. The lowest BCUT2D eigenvalue weighted by Crippen LogP contribution is -2.15. The number of aliphatic hydroxyl groups is 2. The Bertz CT molecular complexity index is 632. The van der Waals surface area contributed by atoms with Gasteiger partial charge in [-0.15, -0.1) is 10.2 Å². The lowest BCUT2D eigenvalue weighted by Gasteiger charge is -2.19. The Morgan fingerprint density at radius 3 is 2.35 bits per heavy atom. The van der Waals surface area contributed by atoms with Crippen LogP contribution in [0.25, 0.3) is 11.4 Å². The molecule has 0 aliphatic carbocycles. The Kier molecular flexibility index (Phi) is 5.84. The zero-order valence-corrected chi connectivity index (χ0v) is 15.0. The maximum absolute atomic E-state index is 9.49. The fourth-order valence-corrected chi connectivity index (χ4v) is 3.15. The van der Waals surface area contributed by atoms with Gasteiger partial charge in [-0.1, -0.05) is 56.8 Å². The molecule has 0 amide bonds. The Balaban J connectivity index is 2.24. The van der Waals surface area contributed by atoms with Gasteiger partial charge in [0.1, 0.15) is 0 Å². The third-order valence-electron chi connectivity index (χ3n) is 3.66. The smallest absolute Gasteiger partial charge is 0.191 e. The van der Waals surface area contributed by atoms with E-state index in [0.29, 0.717) is 5.75 Å². The van der Waals surface area contributed by atoms with Gasteiger partial charge >= 0.3 is 0 Å². The van der Waals surface area contributed by atoms with E-state index >= 15 is 0 Å². The summed E-state index contributed by atoms with van der Waals surface area (Å²) in [6.45, 7) is 9.13. The molecule has 23 heavy (non-hydrogen) atoms. The van der Waals surface area contributed by atoms with E-state index in [1.54, 1.807) is 0 Å². The first-order valence-corrected chi connectivity index (χ1v) is 8.81. The van der Waals surface area contributed by atoms with Crippen molar-refractivity contribution in [1.82, 2.24) is 14.8 Å². The van der Waals surface area contributed by atoms with Crippen LogP contribution in [-0.4, -0.2) is 43.4 Å². The number of thioether (sulfide) groups is 1. The van der Waals surface area contributed by atoms with Crippen LogP contribution in [0.4, 0.5) is 0 Å². The molecule has 1 unspecified atom stereocenters. The molecule has 0 saturated heterocycles. The highest BCUT2D eigenvalue weighted by molar-refractivity contribution is 7.99. The summed E-state index contributed by atoms with van der Waals surface area (Å²) >= 11 is 1.41. The Morgan fingerprint density at radius 1 is 1.17 bits per heavy atom. The third kappa shape index (κ3) is 4.34. The standard InChI is InChI=1S/C17H25N3O2S/c1-5-20-15(18-19-16(20)23-11-14(22)10-21)12-6-8-13(9-7-12)17(2,3)4/h6-9,14,21-22H,5,10-11H2,1-4H3. The van der Waals surface area contributed by atoms with E-state index in [1.165, 1.54) is 17.3 Å². The van der Waals surface area contributed by atoms with E-state index in [4.69, 9.17) is 5.11 Å². The molecular formula is C17H25N3O2S. The predicted octanol–water partition coefficient (Wildman–Crippen LogP) is 2.71. The molecule has 0 spiro atoms. The minimum absolute atomic E-state index is 0.123. The molecule has 126 valence electrons. The van der Waals surface area contributed by atoms with Crippen molar-refractivity contribution in [1.29, 1.82) is 0 Å². The van der Waals surface area contributed by atoms with Crippen LogP contribution in [0.2, 0.25) is 0 Å². The van der Waals surface area contributed by atoms with Crippen molar-refractivity contribution in [2.45, 2.75) is 50.9 Å². The largest absolute Gasteiger partial charge is 0.394 e. The monoisotopic (exact) mass is 335 g/mol. The maximum atomic E-state index is 9.49. The zero-order valence-electron chi connectivity index (χ0n) is 14.2. The number of hydrogen-bond acceptors (Lipinski definition) is 5. The van der Waals surface area contributed by atoms with Crippen LogP contribution in [0.1, 0.15) is 33.3 Å². The minimum atomic E-state index is -0.739. The van der Waals surface area contributed by atoms with E-state index in [0.717, 1.165) is 23.1 Å². The lowest BCUT2D eigenvalue weighted by molar-refractivity contribution is 0.113. The summed E-state index contributed by atoms with van der Waals surface area (Å²) in [7, 11) is 0. The normalized spacial score (nSPS) is 13.3. The van der Waals surface area contributed by atoms with Crippen LogP contribution in [0.3, 0.4) is 0 Å². The second kappa shape index (κ2) is 7.47. The van der Waals surface area contributed by atoms with Gasteiger partial charge in [0.05, 0.1) is 12.7 Å². The van der Waals surface area contributed by atoms with E-state index in [9.17, 15) is 5.11 Å². The molecule has 1 atom stereocenters. The molecule has 5 nitrogen and oxygen atoms in total. The zero-order chi connectivity index (χ0) is 17.0. The van der Waals surface area contributed by atoms with Gasteiger partial charge in [0.25, 0.3) is 0 Å². The topological polar surface area (TPSA) is 71.2 Å². The fourth-order valence-electron chi connectivity index (χ4n) is 2.24. The van der Waals surface area contributed by atoms with Gasteiger partial charge in [0.2, 0.25) is 0 Å². The SMILES string of the molecule is CCn1c(SCC(O)CO)nnc1-c1ccc(C(C)(C)C)cc1. The summed E-state index contributed by atoms with van der Waals surface area (Å²) in [5.41, 5.74) is 2.43. The second-order valence-corrected chi connectivity index (χ2v) is 7.51. The average Bonchev–Trinajstić information content (AvgIpc) is 2.94. The molecule has 0 aliphatic heterocycles. The van der Waals surface area contributed by atoms with Gasteiger partial charge in [0.15, 0.2) is 11.0 Å². The van der Waals surface area contributed by atoms with Gasteiger partial charge < -0.3 is 14.8 Å². The first-order valence-electron chi connectivity index (χ1n) is 7.82. The molecule has 0 radical (unpaired) electrons. The third-order valence-corrected chi connectivity index (χ3v) is 4.77. The number of nitrogens with zero attached hydrogens (tertiary/aromatic N) is 3. The van der Waals surface area contributed by atoms with Crippen molar-refractivity contribution in [2.75, 3.05) is 12.4 Å². The Labute approximate surface area is 141 Å². The summed E-state index contributed by atoms with van der Waals surface area (Å²) in [6.07, 6.45) is -0.739. The van der Waals surface area contributed by atoms with Gasteiger partial charge in [-0.05, 0) is 17.9 Å². The van der Waals surface area contributed by atoms with Crippen molar-refractivity contribution >= 4 is 11.8 Å². The Hall–Kier alpha value is -1.37. The molecule has 0 aliphatic rings. The highest BCUT2D eigenvalue weighted by Gasteiger charge is 2.17. The fraction of sp³-hybridized carbons (Fsp3) is 0.529. The van der Waals surface area contributed by atoms with Gasteiger partial charge in [-0.3, -0.25) is 0 Å². The number of benzene rings is 1. The molecule has 6 heteroatoms. The van der Waals surface area contributed by atoms with Crippen LogP contribution in [0.15, 0.2) is 29.4 Å². The highest BCUT2D eigenvalue weighted by atomic mass is 32.2. The number of aliphatic hydroxyl groups excluding tert-OH is 2. The van der Waals surface area contributed by atoms with Crippen LogP contribution < -0.4 is 0 Å². The maximum Gasteiger partial charge on any atom is 0.191 e. The molecule has 2 aromatic rings. The quantitative estimate of drug-likeness (QED) is 0.794. The number of aromatic nitrogens is 3. The van der Waals surface area contributed by atoms with E-state index in [-0.39, 0.29) is 12.0 Å². The van der Waals surface area contributed by atoms with Gasteiger partial charge in [0, 0.05) is 17.9 Å². The number of rotatable bonds is 6. The summed E-state index contributed by atoms with van der Waals surface area (Å²) < 4.78 is 2.03. The summed E-state index contributed by atoms with van der Waals surface area (Å²) in [5, 5.41) is 27.7. The summed E-state index contributed by atoms with van der Waals surface area (Å²) in [5.74, 6) is 1.23. The molecule has 0 bridgehead atoms. The number of hydrogen-bond donors (Lipinski definition) is 2. The van der Waals surface area contributed by atoms with E-state index in [1.807, 2.05) is 11.5 Å². The summed E-state index contributed by atoms with van der Waals surface area (Å²) in [4.78, 5) is 0. The van der Waals surface area contributed by atoms with Gasteiger partial charge in [-0.25, -0.2) is 0 Å². The van der Waals surface area contributed by atoms with Crippen LogP contribution in [0, 0.1) is 0 Å². The Morgan fingerprint density at radius 2 is 1.83 bits per heavy atom. The second-order valence-electron chi connectivity index (χ2n) is 6.53. The first kappa shape index (κ1) is 18.0. The highest BCUT2D eigenvalue weighted by Crippen LogP contribution is 2.27. The van der Waals surface area contributed by atoms with Crippen LogP contribution in [-0.2, 0) is 12.0 Å². The molecule has 1 aromatic heterocycles. The summed E-state index contributed by atoms with van der Waals surface area (Å²) in [6, 6.07) is 8.42. The van der Waals surface area contributed by atoms with Crippen molar-refractivity contribution in [3.8, 4) is 11.4 Å². The molecular weight excluding hydrogens is 310 g/mol. The average molecular weight is 335 g/mol. The van der Waals surface area contributed by atoms with Crippen molar-refractivity contribution < 1.29 is 10.2 Å². The molecule has 2 N–H and O–H groups in total. The first-order chi connectivity index (χ1) is 10.9. The molecule has 1 aromatic carbocycles. The van der Waals surface area contributed by atoms with Gasteiger partial charge in [-0.2, -0.15) is 0 Å².